The van der Waals surface area contributed by atoms with Crippen molar-refractivity contribution in [3.05, 3.63) is 32.6 Å². The molecule has 1 aliphatic rings. The van der Waals surface area contributed by atoms with Crippen LogP contribution in [0, 0.1) is 5.92 Å². The predicted molar refractivity (Wildman–Crippen MR) is 104 cm³/mol. The molecule has 0 aromatic carbocycles. The molecule has 1 atom stereocenters. The molecule has 0 spiro atoms. The Bertz CT molecular complexity index is 1000. The summed E-state index contributed by atoms with van der Waals surface area (Å²) >= 11 is 3.18. The van der Waals surface area contributed by atoms with E-state index in [0.717, 1.165) is 41.1 Å². The number of thiophene rings is 1. The molecule has 0 radical (unpaired) electrons. The lowest BCUT2D eigenvalue weighted by molar-refractivity contribution is 0.469. The molecule has 0 bridgehead atoms. The van der Waals surface area contributed by atoms with E-state index in [0.29, 0.717) is 30.0 Å². The topological polar surface area (TPSA) is 73.8 Å². The molecule has 0 amide bonds. The number of fused-ring (bicyclic) bond motifs is 3. The van der Waals surface area contributed by atoms with Crippen LogP contribution in [0.3, 0.4) is 0 Å². The van der Waals surface area contributed by atoms with Gasteiger partial charge < -0.3 is 4.42 Å². The second-order valence-corrected chi connectivity index (χ2v) is 8.73. The number of hydrogen-bond donors (Lipinski definition) is 0. The first kappa shape index (κ1) is 17.7. The average molecular weight is 391 g/mol. The molecule has 1 aliphatic carbocycles. The summed E-state index contributed by atoms with van der Waals surface area (Å²) in [6, 6.07) is 0. The van der Waals surface area contributed by atoms with Crippen molar-refractivity contribution in [2.45, 2.75) is 63.9 Å². The van der Waals surface area contributed by atoms with Gasteiger partial charge in [-0.15, -0.1) is 21.5 Å². The predicted octanol–water partition coefficient (Wildman–Crippen LogP) is 3.84. The summed E-state index contributed by atoms with van der Waals surface area (Å²) in [6.07, 6.45) is 3.93. The summed E-state index contributed by atoms with van der Waals surface area (Å²) in [6.45, 7) is 6.85. The van der Waals surface area contributed by atoms with Gasteiger partial charge in [0.1, 0.15) is 4.83 Å². The molecule has 0 N–H and O–H groups in total. The second kappa shape index (κ2) is 7.15. The van der Waals surface area contributed by atoms with Gasteiger partial charge in [-0.3, -0.25) is 9.36 Å². The maximum atomic E-state index is 13.1. The van der Waals surface area contributed by atoms with Gasteiger partial charge >= 0.3 is 0 Å². The Morgan fingerprint density at radius 3 is 2.85 bits per heavy atom. The zero-order valence-corrected chi connectivity index (χ0v) is 16.9. The zero-order valence-electron chi connectivity index (χ0n) is 15.2. The molecule has 8 heteroatoms. The van der Waals surface area contributed by atoms with Crippen LogP contribution in [-0.2, 0) is 31.6 Å². The summed E-state index contributed by atoms with van der Waals surface area (Å²) in [5.41, 5.74) is 1.33. The summed E-state index contributed by atoms with van der Waals surface area (Å²) in [7, 11) is 0. The second-order valence-electron chi connectivity index (χ2n) is 6.71. The number of rotatable bonds is 5. The lowest BCUT2D eigenvalue weighted by Crippen LogP contribution is -2.23. The molecule has 0 fully saturated rings. The van der Waals surface area contributed by atoms with E-state index in [1.54, 1.807) is 15.9 Å². The molecule has 4 rings (SSSR count). The van der Waals surface area contributed by atoms with Crippen molar-refractivity contribution in [2.24, 2.45) is 5.92 Å². The number of nitrogens with zero attached hydrogens (tertiary/aromatic N) is 4. The number of thioether (sulfide) groups is 1. The van der Waals surface area contributed by atoms with Gasteiger partial charge in [0, 0.05) is 17.8 Å². The highest BCUT2D eigenvalue weighted by Gasteiger charge is 2.24. The Morgan fingerprint density at radius 2 is 2.12 bits per heavy atom. The van der Waals surface area contributed by atoms with E-state index in [1.807, 2.05) is 13.8 Å². The number of aromatic nitrogens is 4. The molecule has 0 saturated heterocycles. The van der Waals surface area contributed by atoms with Gasteiger partial charge in [0.25, 0.3) is 5.56 Å². The minimum atomic E-state index is 0.0897. The first-order chi connectivity index (χ1) is 12.6. The third-order valence-corrected chi connectivity index (χ3v) is 6.94. The minimum Gasteiger partial charge on any atom is -0.424 e. The largest absolute Gasteiger partial charge is 0.424 e. The third-order valence-electron chi connectivity index (χ3n) is 4.83. The third kappa shape index (κ3) is 3.09. The molecule has 138 valence electrons. The van der Waals surface area contributed by atoms with E-state index in [9.17, 15) is 4.79 Å². The molecule has 26 heavy (non-hydrogen) atoms. The van der Waals surface area contributed by atoms with Crippen molar-refractivity contribution in [2.75, 3.05) is 0 Å². The fourth-order valence-electron chi connectivity index (χ4n) is 3.41. The van der Waals surface area contributed by atoms with Crippen LogP contribution in [-0.4, -0.2) is 19.7 Å². The molecule has 3 aromatic rings. The normalized spacial score (nSPS) is 17.0. The van der Waals surface area contributed by atoms with Crippen molar-refractivity contribution in [3.8, 4) is 0 Å². The van der Waals surface area contributed by atoms with Crippen LogP contribution in [0.1, 0.15) is 49.4 Å². The average Bonchev–Trinajstić information content (AvgIpc) is 3.23. The van der Waals surface area contributed by atoms with E-state index in [1.165, 1.54) is 22.2 Å². The Balaban J connectivity index is 1.71. The summed E-state index contributed by atoms with van der Waals surface area (Å²) in [5.74, 6) is 2.41. The molecule has 6 nitrogen and oxygen atoms in total. The Labute approximate surface area is 160 Å². The van der Waals surface area contributed by atoms with Gasteiger partial charge in [-0.25, -0.2) is 4.98 Å². The molecule has 0 aliphatic heterocycles. The van der Waals surface area contributed by atoms with Crippen LogP contribution in [0.15, 0.2) is 14.4 Å². The van der Waals surface area contributed by atoms with Crippen molar-refractivity contribution in [1.82, 2.24) is 19.7 Å². The summed E-state index contributed by atoms with van der Waals surface area (Å²) < 4.78 is 7.34. The first-order valence-corrected chi connectivity index (χ1v) is 10.9. The molecule has 3 aromatic heterocycles. The van der Waals surface area contributed by atoms with Crippen LogP contribution >= 0.6 is 23.1 Å². The maximum absolute atomic E-state index is 13.1. The Hall–Kier alpha value is -1.67. The van der Waals surface area contributed by atoms with Gasteiger partial charge in [0.05, 0.1) is 11.1 Å². The number of aryl methyl sites for hydroxylation is 2. The quantitative estimate of drug-likeness (QED) is 0.487. The first-order valence-electron chi connectivity index (χ1n) is 9.09. The van der Waals surface area contributed by atoms with Gasteiger partial charge in [0.2, 0.25) is 11.8 Å². The van der Waals surface area contributed by atoms with Gasteiger partial charge in [-0.2, -0.15) is 0 Å². The van der Waals surface area contributed by atoms with Crippen molar-refractivity contribution < 1.29 is 4.42 Å². The fraction of sp³-hybridized carbons (Fsp3) is 0.556. The van der Waals surface area contributed by atoms with Crippen LogP contribution < -0.4 is 5.56 Å². The van der Waals surface area contributed by atoms with Gasteiger partial charge in [0.15, 0.2) is 5.16 Å². The monoisotopic (exact) mass is 390 g/mol. The Kier molecular flexibility index (Phi) is 4.88. The molecule has 1 unspecified atom stereocenters. The smallest absolute Gasteiger partial charge is 0.263 e. The van der Waals surface area contributed by atoms with Crippen LogP contribution in [0.5, 0.6) is 0 Å². The van der Waals surface area contributed by atoms with Gasteiger partial charge in [-0.1, -0.05) is 25.6 Å². The summed E-state index contributed by atoms with van der Waals surface area (Å²) in [4.78, 5) is 20.2. The minimum absolute atomic E-state index is 0.0897. The molecule has 0 saturated carbocycles. The van der Waals surface area contributed by atoms with Gasteiger partial charge in [-0.05, 0) is 37.7 Å². The van der Waals surface area contributed by atoms with E-state index >= 15 is 0 Å². The van der Waals surface area contributed by atoms with Crippen molar-refractivity contribution in [3.63, 3.8) is 0 Å². The number of hydrogen-bond acceptors (Lipinski definition) is 7. The van der Waals surface area contributed by atoms with Crippen molar-refractivity contribution >= 4 is 33.3 Å². The zero-order chi connectivity index (χ0) is 18.3. The lowest BCUT2D eigenvalue weighted by atomic mass is 9.89. The van der Waals surface area contributed by atoms with E-state index in [4.69, 9.17) is 9.40 Å². The Morgan fingerprint density at radius 1 is 1.31 bits per heavy atom. The van der Waals surface area contributed by atoms with Crippen molar-refractivity contribution in [1.29, 1.82) is 0 Å². The lowest BCUT2D eigenvalue weighted by Gasteiger charge is -2.17. The fourth-order valence-corrected chi connectivity index (χ4v) is 5.73. The van der Waals surface area contributed by atoms with E-state index in [2.05, 4.69) is 17.1 Å². The highest BCUT2D eigenvalue weighted by Crippen LogP contribution is 2.36. The van der Waals surface area contributed by atoms with E-state index < -0.39 is 0 Å². The SMILES string of the molecule is CCc1nnc(CSc2nc3sc4c(c3c(=O)n2CC)CCC(C)C4)o1. The molecule has 3 heterocycles. The highest BCUT2D eigenvalue weighted by molar-refractivity contribution is 7.98. The van der Waals surface area contributed by atoms with Crippen LogP contribution in [0.2, 0.25) is 0 Å². The summed E-state index contributed by atoms with van der Waals surface area (Å²) in [5, 5.41) is 9.62. The highest BCUT2D eigenvalue weighted by atomic mass is 32.2. The molecular weight excluding hydrogens is 368 g/mol. The van der Waals surface area contributed by atoms with E-state index in [-0.39, 0.29) is 5.56 Å². The maximum Gasteiger partial charge on any atom is 0.263 e. The molecular formula is C18H22N4O2S2. The standard InChI is InChI=1S/C18H22N4O2S2/c1-4-13-20-21-14(24-13)9-25-18-19-16-15(17(23)22(18)5-2)11-7-6-10(3)8-12(11)26-16/h10H,4-9H2,1-3H3. The van der Waals surface area contributed by atoms with Crippen LogP contribution in [0.25, 0.3) is 10.2 Å². The van der Waals surface area contributed by atoms with Crippen LogP contribution in [0.4, 0.5) is 0 Å².